The molecular weight excluding hydrogens is 365 g/mol. The van der Waals surface area contributed by atoms with Crippen LogP contribution in [0, 0.1) is 0 Å². The van der Waals surface area contributed by atoms with Crippen LogP contribution in [0.1, 0.15) is 46.1 Å². The molecule has 0 aromatic heterocycles. The highest BCUT2D eigenvalue weighted by Gasteiger charge is 2.09. The molecule has 1 rings (SSSR count). The van der Waals surface area contributed by atoms with Gasteiger partial charge >= 0.3 is 7.12 Å². The molecule has 6 N–H and O–H groups in total. The van der Waals surface area contributed by atoms with E-state index in [9.17, 15) is 0 Å². The van der Waals surface area contributed by atoms with Gasteiger partial charge < -0.3 is 31.2 Å². The Labute approximate surface area is 177 Å². The minimum atomic E-state index is -1.42. The van der Waals surface area contributed by atoms with E-state index in [-0.39, 0.29) is 0 Å². The third-order valence-electron chi connectivity index (χ3n) is 3.46. The first-order chi connectivity index (χ1) is 14.1. The Morgan fingerprint density at radius 2 is 1.83 bits per heavy atom. The van der Waals surface area contributed by atoms with E-state index in [0.717, 1.165) is 30.6 Å². The van der Waals surface area contributed by atoms with Crippen LogP contribution in [0.5, 0.6) is 0 Å². The molecule has 0 spiro atoms. The number of nitrogens with one attached hydrogen (secondary N) is 2. The summed E-state index contributed by atoms with van der Waals surface area (Å²) in [5.74, 6) is 0. The molecule has 0 amide bonds. The second kappa shape index (κ2) is 22.1. The maximum atomic E-state index is 9.04. The number of benzene rings is 1. The number of nitrogens with two attached hydrogens (primary N) is 1. The van der Waals surface area contributed by atoms with E-state index in [1.54, 1.807) is 31.7 Å². The van der Waals surface area contributed by atoms with E-state index in [2.05, 4.69) is 34.4 Å². The monoisotopic (exact) mass is 405 g/mol. The summed E-state index contributed by atoms with van der Waals surface area (Å²) in [6.45, 7) is 10.2. The third kappa shape index (κ3) is 17.6. The first kappa shape index (κ1) is 29.0. The second-order valence-corrected chi connectivity index (χ2v) is 5.71. The minimum absolute atomic E-state index is 0.494. The summed E-state index contributed by atoms with van der Waals surface area (Å²) in [7, 11) is 0.208. The van der Waals surface area contributed by atoms with Crippen LogP contribution in [-0.4, -0.2) is 37.4 Å². The zero-order valence-electron chi connectivity index (χ0n) is 18.7. The van der Waals surface area contributed by atoms with Crippen molar-refractivity contribution in [3.8, 4) is 0 Å². The summed E-state index contributed by atoms with van der Waals surface area (Å²) in [5, 5.41) is 24.7. The molecule has 0 radical (unpaired) electrons. The fraction of sp³-hybridized carbons (Fsp3) is 0.455. The molecule has 0 atom stereocenters. The molecule has 0 fully saturated rings. The summed E-state index contributed by atoms with van der Waals surface area (Å²) in [6, 6.07) is 7.16. The number of hydrogen-bond acceptors (Lipinski definition) is 6. The lowest BCUT2D eigenvalue weighted by Crippen LogP contribution is -2.30. The molecule has 6 nitrogen and oxygen atoms in total. The van der Waals surface area contributed by atoms with Crippen LogP contribution >= 0.6 is 0 Å². The Morgan fingerprint density at radius 3 is 2.28 bits per heavy atom. The van der Waals surface area contributed by atoms with Crippen LogP contribution in [0.2, 0.25) is 0 Å². The van der Waals surface area contributed by atoms with E-state index in [0.29, 0.717) is 18.6 Å². The SMILES string of the molecule is C/C=C/OC.CC.CC/C=C\CCN/C(=C\N)CNCc1ccc(B(O)O)cc1. The standard InChI is InChI=1S/C16H26BN3O2.C4H8O.C2H6/c1-2-3-4-5-10-20-16(11-18)13-19-12-14-6-8-15(9-7-14)17(21)22;1-3-4-5-2;1-2/h3-4,6-9,11,19-22H,2,5,10,12-13,18H2,1H3;3-4H,1-2H3;1-2H3/b4-3-,16-11-;4-3+;. The van der Waals surface area contributed by atoms with Crippen LogP contribution in [0.25, 0.3) is 0 Å². The molecule has 0 saturated heterocycles. The van der Waals surface area contributed by atoms with Crippen molar-refractivity contribution in [2.45, 2.75) is 47.1 Å². The van der Waals surface area contributed by atoms with Gasteiger partial charge in [0.05, 0.1) is 13.4 Å². The van der Waals surface area contributed by atoms with Crippen molar-refractivity contribution in [3.63, 3.8) is 0 Å². The second-order valence-electron chi connectivity index (χ2n) is 5.71. The van der Waals surface area contributed by atoms with Crippen molar-refractivity contribution in [1.82, 2.24) is 10.6 Å². The largest absolute Gasteiger partial charge is 0.505 e. The lowest BCUT2D eigenvalue weighted by atomic mass is 9.80. The van der Waals surface area contributed by atoms with Gasteiger partial charge in [-0.2, -0.15) is 0 Å². The third-order valence-corrected chi connectivity index (χ3v) is 3.46. The number of methoxy groups -OCH3 is 1. The topological polar surface area (TPSA) is 99.8 Å². The Kier molecular flexibility index (Phi) is 22.1. The molecule has 0 heterocycles. The van der Waals surface area contributed by atoms with Gasteiger partial charge in [-0.15, -0.1) is 0 Å². The first-order valence-electron chi connectivity index (χ1n) is 10.2. The van der Waals surface area contributed by atoms with Gasteiger partial charge in [0.2, 0.25) is 0 Å². The van der Waals surface area contributed by atoms with Crippen molar-refractivity contribution in [2.75, 3.05) is 20.2 Å². The van der Waals surface area contributed by atoms with Gasteiger partial charge in [-0.3, -0.25) is 0 Å². The van der Waals surface area contributed by atoms with Crippen LogP contribution in [0.4, 0.5) is 0 Å². The van der Waals surface area contributed by atoms with E-state index < -0.39 is 7.12 Å². The normalized spacial score (nSPS) is 10.8. The maximum Gasteiger partial charge on any atom is 0.488 e. The number of rotatable bonds is 11. The Balaban J connectivity index is 0. The molecule has 0 aliphatic carbocycles. The molecule has 0 saturated carbocycles. The van der Waals surface area contributed by atoms with Crippen LogP contribution in [-0.2, 0) is 11.3 Å². The average Bonchev–Trinajstić information content (AvgIpc) is 2.75. The van der Waals surface area contributed by atoms with Crippen LogP contribution in [0.3, 0.4) is 0 Å². The minimum Gasteiger partial charge on any atom is -0.505 e. The summed E-state index contributed by atoms with van der Waals surface area (Å²) in [4.78, 5) is 0. The summed E-state index contributed by atoms with van der Waals surface area (Å²) >= 11 is 0. The van der Waals surface area contributed by atoms with Gasteiger partial charge in [0, 0.05) is 31.5 Å². The Hall–Kier alpha value is -2.22. The fourth-order valence-corrected chi connectivity index (χ4v) is 2.07. The van der Waals surface area contributed by atoms with E-state index >= 15 is 0 Å². The van der Waals surface area contributed by atoms with Crippen molar-refractivity contribution >= 4 is 12.6 Å². The van der Waals surface area contributed by atoms with Gasteiger partial charge in [0.1, 0.15) is 0 Å². The molecule has 0 bridgehead atoms. The zero-order chi connectivity index (χ0) is 22.3. The molecule has 29 heavy (non-hydrogen) atoms. The van der Waals surface area contributed by atoms with Crippen LogP contribution in [0.15, 0.2) is 60.7 Å². The first-order valence-corrected chi connectivity index (χ1v) is 10.2. The van der Waals surface area contributed by atoms with Crippen molar-refractivity contribution in [3.05, 3.63) is 66.2 Å². The maximum absolute atomic E-state index is 9.04. The van der Waals surface area contributed by atoms with Crippen molar-refractivity contribution < 1.29 is 14.8 Å². The van der Waals surface area contributed by atoms with Gasteiger partial charge in [-0.05, 0) is 30.8 Å². The van der Waals surface area contributed by atoms with Gasteiger partial charge in [0.25, 0.3) is 0 Å². The van der Waals surface area contributed by atoms with Gasteiger partial charge in [0.15, 0.2) is 0 Å². The fourth-order valence-electron chi connectivity index (χ4n) is 2.07. The lowest BCUT2D eigenvalue weighted by Gasteiger charge is -2.11. The average molecular weight is 405 g/mol. The molecule has 0 aliphatic rings. The Morgan fingerprint density at radius 1 is 1.17 bits per heavy atom. The number of hydrogen-bond donors (Lipinski definition) is 5. The predicted octanol–water partition coefficient (Wildman–Crippen LogP) is 2.39. The summed E-state index contributed by atoms with van der Waals surface area (Å²) < 4.78 is 4.51. The molecule has 1 aromatic carbocycles. The van der Waals surface area contributed by atoms with E-state index in [1.807, 2.05) is 39.0 Å². The molecule has 7 heteroatoms. The number of ether oxygens (including phenoxy) is 1. The van der Waals surface area contributed by atoms with E-state index in [1.165, 1.54) is 0 Å². The summed E-state index contributed by atoms with van der Waals surface area (Å²) in [5.41, 5.74) is 8.14. The van der Waals surface area contributed by atoms with Crippen LogP contribution < -0.4 is 21.8 Å². The molecule has 164 valence electrons. The lowest BCUT2D eigenvalue weighted by molar-refractivity contribution is 0.337. The van der Waals surface area contributed by atoms with Crippen molar-refractivity contribution in [2.24, 2.45) is 5.73 Å². The van der Waals surface area contributed by atoms with Crippen molar-refractivity contribution in [1.29, 1.82) is 0 Å². The zero-order valence-corrected chi connectivity index (χ0v) is 18.7. The predicted molar refractivity (Wildman–Crippen MR) is 125 cm³/mol. The summed E-state index contributed by atoms with van der Waals surface area (Å²) in [6.07, 6.45) is 11.4. The van der Waals surface area contributed by atoms with Gasteiger partial charge in [-0.25, -0.2) is 0 Å². The molecule has 0 aliphatic heterocycles. The highest BCUT2D eigenvalue weighted by atomic mass is 16.5. The molecule has 1 aromatic rings. The van der Waals surface area contributed by atoms with E-state index in [4.69, 9.17) is 15.8 Å². The molecular formula is C22H40BN3O3. The highest BCUT2D eigenvalue weighted by molar-refractivity contribution is 6.58. The highest BCUT2D eigenvalue weighted by Crippen LogP contribution is 1.97. The van der Waals surface area contributed by atoms with Gasteiger partial charge in [-0.1, -0.05) is 63.3 Å². The molecule has 0 unspecified atom stereocenters. The number of allylic oxidation sites excluding steroid dienone is 2. The smallest absolute Gasteiger partial charge is 0.488 e. The Bertz CT molecular complexity index is 559. The quantitative estimate of drug-likeness (QED) is 0.168.